The second kappa shape index (κ2) is 9.47. The van der Waals surface area contributed by atoms with E-state index in [-0.39, 0.29) is 18.3 Å². The SMILES string of the molecule is O=C(N/N=C\c1ccc([N+](=O)[O-])o1)/C(=C\c1ccc2c(c1)OCO2)NC(=O)c1ccccc1. The molecule has 0 saturated carbocycles. The van der Waals surface area contributed by atoms with E-state index in [1.165, 1.54) is 12.1 Å². The van der Waals surface area contributed by atoms with Gasteiger partial charge in [-0.05, 0) is 42.0 Å². The van der Waals surface area contributed by atoms with E-state index >= 15 is 0 Å². The normalized spacial score (nSPS) is 12.5. The summed E-state index contributed by atoms with van der Waals surface area (Å²) >= 11 is 0. The van der Waals surface area contributed by atoms with Gasteiger partial charge in [0, 0.05) is 5.56 Å². The highest BCUT2D eigenvalue weighted by Gasteiger charge is 2.17. The number of amides is 2. The number of benzene rings is 2. The number of rotatable bonds is 7. The van der Waals surface area contributed by atoms with E-state index in [9.17, 15) is 19.7 Å². The summed E-state index contributed by atoms with van der Waals surface area (Å²) in [5.74, 6) is -0.533. The number of furan rings is 1. The number of carbonyl (C=O) groups is 2. The van der Waals surface area contributed by atoms with E-state index in [4.69, 9.17) is 13.9 Å². The number of fused-ring (bicyclic) bond motifs is 1. The van der Waals surface area contributed by atoms with Crippen LogP contribution in [0.3, 0.4) is 0 Å². The van der Waals surface area contributed by atoms with E-state index in [1.807, 2.05) is 0 Å². The zero-order valence-electron chi connectivity index (χ0n) is 16.9. The first-order valence-corrected chi connectivity index (χ1v) is 9.55. The highest BCUT2D eigenvalue weighted by Crippen LogP contribution is 2.33. The van der Waals surface area contributed by atoms with Crippen molar-refractivity contribution in [1.29, 1.82) is 0 Å². The van der Waals surface area contributed by atoms with Crippen LogP contribution in [-0.2, 0) is 4.79 Å². The molecule has 2 amide bonds. The molecular weight excluding hydrogens is 432 g/mol. The van der Waals surface area contributed by atoms with E-state index in [1.54, 1.807) is 48.5 Å². The maximum Gasteiger partial charge on any atom is 0.433 e. The molecule has 0 saturated heterocycles. The molecule has 4 rings (SSSR count). The number of ether oxygens (including phenoxy) is 2. The van der Waals surface area contributed by atoms with Gasteiger partial charge < -0.3 is 19.2 Å². The first-order chi connectivity index (χ1) is 16.0. The Morgan fingerprint density at radius 3 is 2.58 bits per heavy atom. The van der Waals surface area contributed by atoms with Gasteiger partial charge in [-0.25, -0.2) is 5.43 Å². The minimum Gasteiger partial charge on any atom is -0.454 e. The molecule has 1 aliphatic heterocycles. The van der Waals surface area contributed by atoms with Gasteiger partial charge >= 0.3 is 5.88 Å². The average Bonchev–Trinajstić information content (AvgIpc) is 3.48. The van der Waals surface area contributed by atoms with Gasteiger partial charge in [-0.3, -0.25) is 19.7 Å². The number of carbonyl (C=O) groups excluding carboxylic acids is 2. The van der Waals surface area contributed by atoms with Crippen molar-refractivity contribution in [1.82, 2.24) is 10.7 Å². The second-order valence-corrected chi connectivity index (χ2v) is 6.62. The van der Waals surface area contributed by atoms with Crippen LogP contribution in [0.1, 0.15) is 21.7 Å². The van der Waals surface area contributed by atoms with Crippen molar-refractivity contribution in [3.63, 3.8) is 0 Å². The highest BCUT2D eigenvalue weighted by atomic mass is 16.7. The monoisotopic (exact) mass is 448 g/mol. The first-order valence-electron chi connectivity index (χ1n) is 9.55. The van der Waals surface area contributed by atoms with Gasteiger partial charge in [-0.15, -0.1) is 0 Å². The fourth-order valence-electron chi connectivity index (χ4n) is 2.84. The number of nitro groups is 1. The summed E-state index contributed by atoms with van der Waals surface area (Å²) in [4.78, 5) is 35.3. The van der Waals surface area contributed by atoms with Gasteiger partial charge in [0.15, 0.2) is 17.3 Å². The molecule has 0 aliphatic carbocycles. The lowest BCUT2D eigenvalue weighted by molar-refractivity contribution is -0.402. The molecule has 33 heavy (non-hydrogen) atoms. The van der Waals surface area contributed by atoms with Crippen LogP contribution < -0.4 is 20.2 Å². The molecule has 1 aliphatic rings. The Morgan fingerprint density at radius 1 is 1.03 bits per heavy atom. The van der Waals surface area contributed by atoms with Crippen LogP contribution in [0.5, 0.6) is 11.5 Å². The Balaban J connectivity index is 1.54. The van der Waals surface area contributed by atoms with Gasteiger partial charge in [0.2, 0.25) is 6.79 Å². The molecule has 0 bridgehead atoms. The average molecular weight is 448 g/mol. The Kier molecular flexibility index (Phi) is 6.12. The van der Waals surface area contributed by atoms with Crippen LogP contribution in [0, 0.1) is 10.1 Å². The Hall–Kier alpha value is -4.93. The van der Waals surface area contributed by atoms with E-state index in [0.29, 0.717) is 22.6 Å². The maximum atomic E-state index is 12.7. The van der Waals surface area contributed by atoms with Crippen molar-refractivity contribution < 1.29 is 28.4 Å². The molecule has 3 aromatic rings. The topological polar surface area (TPSA) is 145 Å². The van der Waals surface area contributed by atoms with Crippen LogP contribution in [0.25, 0.3) is 6.08 Å². The summed E-state index contributed by atoms with van der Waals surface area (Å²) in [5.41, 5.74) is 3.10. The van der Waals surface area contributed by atoms with Gasteiger partial charge in [-0.1, -0.05) is 24.3 Å². The molecule has 0 spiro atoms. The third kappa shape index (κ3) is 5.22. The smallest absolute Gasteiger partial charge is 0.433 e. The van der Waals surface area contributed by atoms with Crippen molar-refractivity contribution in [2.24, 2.45) is 5.10 Å². The lowest BCUT2D eigenvalue weighted by Crippen LogP contribution is -2.32. The lowest BCUT2D eigenvalue weighted by atomic mass is 10.1. The summed E-state index contributed by atoms with van der Waals surface area (Å²) in [6, 6.07) is 15.9. The maximum absolute atomic E-state index is 12.7. The minimum absolute atomic E-state index is 0.0663. The van der Waals surface area contributed by atoms with Crippen molar-refractivity contribution >= 4 is 30.0 Å². The summed E-state index contributed by atoms with van der Waals surface area (Å²) in [6.45, 7) is 0.0975. The van der Waals surface area contributed by atoms with Gasteiger partial charge in [0.1, 0.15) is 10.6 Å². The zero-order valence-corrected chi connectivity index (χ0v) is 16.9. The summed E-state index contributed by atoms with van der Waals surface area (Å²) < 4.78 is 15.6. The molecule has 2 N–H and O–H groups in total. The third-order valence-electron chi connectivity index (χ3n) is 4.39. The number of hydrogen-bond acceptors (Lipinski definition) is 8. The molecule has 0 atom stereocenters. The van der Waals surface area contributed by atoms with Crippen LogP contribution >= 0.6 is 0 Å². The molecule has 2 aromatic carbocycles. The molecule has 11 nitrogen and oxygen atoms in total. The van der Waals surface area contributed by atoms with Crippen LogP contribution in [-0.4, -0.2) is 29.7 Å². The Labute approximate surface area is 186 Å². The number of hydrogen-bond donors (Lipinski definition) is 2. The molecule has 1 aromatic heterocycles. The lowest BCUT2D eigenvalue weighted by Gasteiger charge is -2.09. The fourth-order valence-corrected chi connectivity index (χ4v) is 2.84. The standard InChI is InChI=1S/C22H16N4O7/c27-21(15-4-2-1-3-5-15)24-17(10-14-6-8-18-19(11-14)32-13-31-18)22(28)25-23-12-16-7-9-20(33-16)26(29)30/h1-12H,13H2,(H,24,27)(H,25,28)/b17-10+,23-12-. The van der Waals surface area contributed by atoms with Crippen LogP contribution in [0.4, 0.5) is 5.88 Å². The number of nitrogens with zero attached hydrogens (tertiary/aromatic N) is 2. The molecule has 0 unspecified atom stereocenters. The highest BCUT2D eigenvalue weighted by molar-refractivity contribution is 6.05. The Morgan fingerprint density at radius 2 is 1.82 bits per heavy atom. The largest absolute Gasteiger partial charge is 0.454 e. The third-order valence-corrected chi connectivity index (χ3v) is 4.39. The summed E-state index contributed by atoms with van der Waals surface area (Å²) in [6.07, 6.45) is 2.55. The van der Waals surface area contributed by atoms with Crippen molar-refractivity contribution in [2.75, 3.05) is 6.79 Å². The van der Waals surface area contributed by atoms with Crippen molar-refractivity contribution in [2.45, 2.75) is 0 Å². The quantitative estimate of drug-likeness (QED) is 0.245. The molecule has 0 fully saturated rings. The van der Waals surface area contributed by atoms with E-state index in [0.717, 1.165) is 12.3 Å². The number of hydrazone groups is 1. The predicted octanol–water partition coefficient (Wildman–Crippen LogP) is 2.84. The first kappa shape index (κ1) is 21.3. The zero-order chi connectivity index (χ0) is 23.2. The molecule has 166 valence electrons. The van der Waals surface area contributed by atoms with Crippen molar-refractivity contribution in [3.8, 4) is 11.5 Å². The van der Waals surface area contributed by atoms with E-state index < -0.39 is 22.6 Å². The Bertz CT molecular complexity index is 1260. The van der Waals surface area contributed by atoms with Gasteiger partial charge in [0.25, 0.3) is 11.8 Å². The number of nitrogens with one attached hydrogen (secondary N) is 2. The second-order valence-electron chi connectivity index (χ2n) is 6.62. The molecule has 2 heterocycles. The van der Waals surface area contributed by atoms with Crippen LogP contribution in [0.2, 0.25) is 0 Å². The summed E-state index contributed by atoms with van der Waals surface area (Å²) in [7, 11) is 0. The van der Waals surface area contributed by atoms with Crippen LogP contribution in [0.15, 0.2) is 75.9 Å². The minimum atomic E-state index is -0.728. The van der Waals surface area contributed by atoms with Crippen molar-refractivity contribution in [3.05, 3.63) is 93.4 Å². The van der Waals surface area contributed by atoms with E-state index in [2.05, 4.69) is 15.8 Å². The van der Waals surface area contributed by atoms with Gasteiger partial charge in [-0.2, -0.15) is 5.10 Å². The van der Waals surface area contributed by atoms with Gasteiger partial charge in [0.05, 0.1) is 12.3 Å². The molecule has 11 heteroatoms. The fraction of sp³-hybridized carbons (Fsp3) is 0.0455. The molecular formula is C22H16N4O7. The predicted molar refractivity (Wildman–Crippen MR) is 116 cm³/mol. The molecule has 0 radical (unpaired) electrons. The summed E-state index contributed by atoms with van der Waals surface area (Å²) in [5, 5.41) is 17.0.